The van der Waals surface area contributed by atoms with Crippen molar-refractivity contribution < 1.29 is 0 Å². The van der Waals surface area contributed by atoms with Crippen LogP contribution in [0.2, 0.25) is 0 Å². The van der Waals surface area contributed by atoms with Crippen molar-refractivity contribution in [1.82, 2.24) is 9.13 Å². The van der Waals surface area contributed by atoms with E-state index in [0.29, 0.717) is 0 Å². The molecule has 12 aromatic rings. The SMILES string of the molecule is c1ccc(-c2ccc(-c3ccc(-n4c5ccccc5c5c4ccc4c6ccccc6n(-c6ccc(-c7cccc8c7sc7ccccc78)cc6)c45)cc3)cc2)cc1. The van der Waals surface area contributed by atoms with Crippen molar-refractivity contribution in [1.29, 1.82) is 0 Å². The van der Waals surface area contributed by atoms with Gasteiger partial charge in [0.25, 0.3) is 0 Å². The number of hydrogen-bond donors (Lipinski definition) is 0. The Balaban J connectivity index is 1.01. The predicted molar refractivity (Wildman–Crippen MR) is 244 cm³/mol. The molecule has 0 saturated carbocycles. The second-order valence-electron chi connectivity index (χ2n) is 14.9. The van der Waals surface area contributed by atoms with Crippen molar-refractivity contribution in [2.75, 3.05) is 0 Å². The molecule has 0 aliphatic carbocycles. The zero-order valence-corrected chi connectivity index (χ0v) is 31.7. The summed E-state index contributed by atoms with van der Waals surface area (Å²) in [5.41, 5.74) is 14.5. The first kappa shape index (κ1) is 32.1. The first-order valence-corrected chi connectivity index (χ1v) is 20.3. The van der Waals surface area contributed by atoms with Crippen molar-refractivity contribution in [3.8, 4) is 44.8 Å². The van der Waals surface area contributed by atoms with E-state index in [-0.39, 0.29) is 0 Å². The van der Waals surface area contributed by atoms with Gasteiger partial charge in [0.05, 0.1) is 22.1 Å². The molecule has 57 heavy (non-hydrogen) atoms. The Morgan fingerprint density at radius 2 is 0.825 bits per heavy atom. The van der Waals surface area contributed by atoms with Gasteiger partial charge in [0.1, 0.15) is 0 Å². The van der Waals surface area contributed by atoms with Gasteiger partial charge in [-0.25, -0.2) is 0 Å². The maximum Gasteiger partial charge on any atom is 0.0641 e. The number of aromatic nitrogens is 2. The normalized spacial score (nSPS) is 11.9. The quantitative estimate of drug-likeness (QED) is 0.166. The second kappa shape index (κ2) is 12.7. The molecule has 0 fully saturated rings. The average molecular weight is 743 g/mol. The lowest BCUT2D eigenvalue weighted by Gasteiger charge is -2.12. The molecule has 0 atom stereocenters. The van der Waals surface area contributed by atoms with E-state index >= 15 is 0 Å². The lowest BCUT2D eigenvalue weighted by molar-refractivity contribution is 1.17. The number of hydrogen-bond acceptors (Lipinski definition) is 1. The minimum Gasteiger partial charge on any atom is -0.309 e. The van der Waals surface area contributed by atoms with Gasteiger partial charge in [0, 0.05) is 53.1 Å². The summed E-state index contributed by atoms with van der Waals surface area (Å²) in [4.78, 5) is 0. The zero-order chi connectivity index (χ0) is 37.5. The highest BCUT2D eigenvalue weighted by molar-refractivity contribution is 7.26. The molecule has 0 spiro atoms. The minimum atomic E-state index is 1.15. The third-order valence-corrected chi connectivity index (χ3v) is 13.0. The Bertz CT molecular complexity index is 3470. The largest absolute Gasteiger partial charge is 0.309 e. The molecule has 0 aliphatic heterocycles. The second-order valence-corrected chi connectivity index (χ2v) is 15.9. The minimum absolute atomic E-state index is 1.15. The smallest absolute Gasteiger partial charge is 0.0641 e. The van der Waals surface area contributed by atoms with Gasteiger partial charge in [0.15, 0.2) is 0 Å². The highest BCUT2D eigenvalue weighted by Crippen LogP contribution is 2.43. The van der Waals surface area contributed by atoms with Crippen LogP contribution in [0.15, 0.2) is 206 Å². The summed E-state index contributed by atoms with van der Waals surface area (Å²) in [6, 6.07) is 75.5. The van der Waals surface area contributed by atoms with Gasteiger partial charge in [-0.2, -0.15) is 0 Å². The molecule has 0 N–H and O–H groups in total. The maximum absolute atomic E-state index is 2.48. The van der Waals surface area contributed by atoms with Gasteiger partial charge < -0.3 is 9.13 Å². The number of rotatable bonds is 5. The molecule has 3 aromatic heterocycles. The van der Waals surface area contributed by atoms with E-state index in [1.54, 1.807) is 0 Å². The van der Waals surface area contributed by atoms with E-state index in [1.165, 1.54) is 97.2 Å². The Hall–Kier alpha value is -7.20. The molecule has 9 aromatic carbocycles. The van der Waals surface area contributed by atoms with E-state index in [1.807, 2.05) is 11.3 Å². The van der Waals surface area contributed by atoms with Crippen LogP contribution in [-0.4, -0.2) is 9.13 Å². The molecule has 0 radical (unpaired) electrons. The number of fused-ring (bicyclic) bond motifs is 10. The van der Waals surface area contributed by atoms with Crippen molar-refractivity contribution in [2.24, 2.45) is 0 Å². The number of nitrogens with zero attached hydrogens (tertiary/aromatic N) is 2. The number of para-hydroxylation sites is 2. The third kappa shape index (κ3) is 4.96. The van der Waals surface area contributed by atoms with E-state index in [2.05, 4.69) is 215 Å². The molecule has 0 unspecified atom stereocenters. The van der Waals surface area contributed by atoms with Gasteiger partial charge in [-0.3, -0.25) is 0 Å². The molecule has 3 heterocycles. The topological polar surface area (TPSA) is 9.86 Å². The standard InChI is InChI=1S/C54H34N2S/c1-2-11-35(12-3-1)36-21-23-37(24-22-36)38-25-29-40(30-26-38)55-49-19-8-5-15-47(49)52-50(55)34-33-45-43-13-4-7-18-48(43)56(53(45)52)41-31-27-39(28-32-41)42-16-10-17-46-44-14-6-9-20-51(44)57-54(42)46/h1-34H. The van der Waals surface area contributed by atoms with Crippen molar-refractivity contribution >= 4 is 75.1 Å². The Kier molecular flexibility index (Phi) is 7.13. The van der Waals surface area contributed by atoms with Gasteiger partial charge in [-0.1, -0.05) is 158 Å². The first-order valence-electron chi connectivity index (χ1n) is 19.5. The molecule has 0 aliphatic rings. The van der Waals surface area contributed by atoms with Crippen molar-refractivity contribution in [3.63, 3.8) is 0 Å². The maximum atomic E-state index is 2.48. The monoisotopic (exact) mass is 742 g/mol. The molecule has 2 nitrogen and oxygen atoms in total. The fourth-order valence-electron chi connectivity index (χ4n) is 9.11. The number of thiophene rings is 1. The van der Waals surface area contributed by atoms with Crippen molar-refractivity contribution in [2.45, 2.75) is 0 Å². The molecule has 266 valence electrons. The highest BCUT2D eigenvalue weighted by atomic mass is 32.1. The lowest BCUT2D eigenvalue weighted by Crippen LogP contribution is -1.95. The van der Waals surface area contributed by atoms with Gasteiger partial charge >= 0.3 is 0 Å². The van der Waals surface area contributed by atoms with Crippen LogP contribution in [0.4, 0.5) is 0 Å². The average Bonchev–Trinajstić information content (AvgIpc) is 3.95. The third-order valence-electron chi connectivity index (χ3n) is 11.8. The van der Waals surface area contributed by atoms with E-state index in [0.717, 1.165) is 11.4 Å². The van der Waals surface area contributed by atoms with Crippen LogP contribution in [-0.2, 0) is 0 Å². The van der Waals surface area contributed by atoms with Crippen LogP contribution < -0.4 is 0 Å². The summed E-state index contributed by atoms with van der Waals surface area (Å²) in [6.45, 7) is 0. The Morgan fingerprint density at radius 1 is 0.298 bits per heavy atom. The molecular weight excluding hydrogens is 709 g/mol. The summed E-state index contributed by atoms with van der Waals surface area (Å²) in [5.74, 6) is 0. The van der Waals surface area contributed by atoms with E-state index in [9.17, 15) is 0 Å². The fourth-order valence-corrected chi connectivity index (χ4v) is 10.3. The molecular formula is C54H34N2S. The summed E-state index contributed by atoms with van der Waals surface area (Å²) in [5, 5.41) is 7.68. The fraction of sp³-hybridized carbons (Fsp3) is 0. The van der Waals surface area contributed by atoms with E-state index in [4.69, 9.17) is 0 Å². The van der Waals surface area contributed by atoms with Crippen LogP contribution in [0.25, 0.3) is 109 Å². The number of benzene rings is 9. The Labute approximate surface area is 333 Å². The zero-order valence-electron chi connectivity index (χ0n) is 30.9. The van der Waals surface area contributed by atoms with Gasteiger partial charge in [-0.05, 0) is 81.9 Å². The molecule has 3 heteroatoms. The van der Waals surface area contributed by atoms with Gasteiger partial charge in [-0.15, -0.1) is 11.3 Å². The molecule has 0 saturated heterocycles. The molecule has 0 bridgehead atoms. The molecule has 0 amide bonds. The van der Waals surface area contributed by atoms with Gasteiger partial charge in [0.2, 0.25) is 0 Å². The Morgan fingerprint density at radius 3 is 1.54 bits per heavy atom. The van der Waals surface area contributed by atoms with Crippen LogP contribution in [0.3, 0.4) is 0 Å². The van der Waals surface area contributed by atoms with Crippen LogP contribution in [0.1, 0.15) is 0 Å². The van der Waals surface area contributed by atoms with Crippen LogP contribution in [0.5, 0.6) is 0 Å². The summed E-state index contributed by atoms with van der Waals surface area (Å²) in [7, 11) is 0. The van der Waals surface area contributed by atoms with Crippen LogP contribution >= 0.6 is 11.3 Å². The predicted octanol–water partition coefficient (Wildman–Crippen LogP) is 15.2. The summed E-state index contributed by atoms with van der Waals surface area (Å²) < 4.78 is 7.58. The molecule has 12 rings (SSSR count). The first-order chi connectivity index (χ1) is 28.3. The lowest BCUT2D eigenvalue weighted by atomic mass is 10.0. The summed E-state index contributed by atoms with van der Waals surface area (Å²) >= 11 is 1.88. The van der Waals surface area contributed by atoms with Crippen LogP contribution in [0, 0.1) is 0 Å². The van der Waals surface area contributed by atoms with E-state index < -0.39 is 0 Å². The summed E-state index contributed by atoms with van der Waals surface area (Å²) in [6.07, 6.45) is 0. The van der Waals surface area contributed by atoms with Crippen molar-refractivity contribution in [3.05, 3.63) is 206 Å². The highest BCUT2D eigenvalue weighted by Gasteiger charge is 2.21.